The van der Waals surface area contributed by atoms with Crippen LogP contribution in [0.15, 0.2) is 73.1 Å². The van der Waals surface area contributed by atoms with Crippen LogP contribution in [0.5, 0.6) is 0 Å². The van der Waals surface area contributed by atoms with Crippen molar-refractivity contribution in [2.45, 2.75) is 20.8 Å². The maximum absolute atomic E-state index is 12.9. The normalized spacial score (nSPS) is 10.8. The summed E-state index contributed by atoms with van der Waals surface area (Å²) in [4.78, 5) is 12.9. The Morgan fingerprint density at radius 1 is 0.929 bits per heavy atom. The van der Waals surface area contributed by atoms with Gasteiger partial charge in [0, 0.05) is 23.6 Å². The number of carbonyl (C=O) groups excluding carboxylic acids is 1. The minimum atomic E-state index is -0.146. The van der Waals surface area contributed by atoms with Crippen molar-refractivity contribution in [1.29, 1.82) is 0 Å². The van der Waals surface area contributed by atoms with Crippen LogP contribution >= 0.6 is 0 Å². The molecule has 0 saturated carbocycles. The molecule has 1 amide bonds. The van der Waals surface area contributed by atoms with Crippen molar-refractivity contribution in [3.63, 3.8) is 0 Å². The number of benzene rings is 2. The molecule has 140 valence electrons. The van der Waals surface area contributed by atoms with E-state index in [-0.39, 0.29) is 5.91 Å². The number of aryl methyl sites for hydroxylation is 2. The number of anilines is 1. The maximum Gasteiger partial charge on any atom is 0.255 e. The summed E-state index contributed by atoms with van der Waals surface area (Å²) in [6, 6.07) is 19.6. The van der Waals surface area contributed by atoms with Crippen molar-refractivity contribution in [2.75, 3.05) is 5.32 Å². The first-order valence-electron chi connectivity index (χ1n) is 9.21. The van der Waals surface area contributed by atoms with Crippen molar-refractivity contribution < 1.29 is 4.79 Å². The van der Waals surface area contributed by atoms with E-state index in [0.29, 0.717) is 5.56 Å². The van der Waals surface area contributed by atoms with Gasteiger partial charge in [0.25, 0.3) is 5.91 Å². The molecule has 0 saturated heterocycles. The first kappa shape index (κ1) is 17.8. The van der Waals surface area contributed by atoms with Gasteiger partial charge in [-0.15, -0.1) is 0 Å². The fraction of sp³-hybridized carbons (Fsp3) is 0.130. The number of rotatable bonds is 4. The molecule has 0 aliphatic heterocycles. The molecular formula is C23H22N4O. The van der Waals surface area contributed by atoms with E-state index in [0.717, 1.165) is 34.0 Å². The van der Waals surface area contributed by atoms with Gasteiger partial charge < -0.3 is 9.88 Å². The number of hydrogen-bond donors (Lipinski definition) is 1. The molecule has 28 heavy (non-hydrogen) atoms. The topological polar surface area (TPSA) is 51.9 Å². The molecule has 0 aliphatic carbocycles. The lowest BCUT2D eigenvalue weighted by Gasteiger charge is -2.11. The Morgan fingerprint density at radius 3 is 2.36 bits per heavy atom. The van der Waals surface area contributed by atoms with E-state index < -0.39 is 0 Å². The fourth-order valence-corrected chi connectivity index (χ4v) is 3.35. The summed E-state index contributed by atoms with van der Waals surface area (Å²) in [6.07, 6.45) is 3.95. The quantitative estimate of drug-likeness (QED) is 0.559. The lowest BCUT2D eigenvalue weighted by Crippen LogP contribution is -2.14. The molecule has 5 heteroatoms. The number of amides is 1. The monoisotopic (exact) mass is 370 g/mol. The molecule has 2 heterocycles. The standard InChI is InChI=1S/C23H22N4O/c1-16-11-12-19(15-21(16)26-13-7-8-14-26)23(28)24-22-17(2)25-27(18(22)3)20-9-5-4-6-10-20/h4-15H,1-3H3,(H,24,28). The van der Waals surface area contributed by atoms with Gasteiger partial charge in [0.2, 0.25) is 0 Å². The molecule has 5 nitrogen and oxygen atoms in total. The number of para-hydroxylation sites is 1. The van der Waals surface area contributed by atoms with Crippen LogP contribution in [0.4, 0.5) is 5.69 Å². The third-order valence-electron chi connectivity index (χ3n) is 4.88. The van der Waals surface area contributed by atoms with E-state index >= 15 is 0 Å². The van der Waals surface area contributed by atoms with Crippen molar-refractivity contribution in [1.82, 2.24) is 14.3 Å². The highest BCUT2D eigenvalue weighted by Crippen LogP contribution is 2.24. The zero-order chi connectivity index (χ0) is 19.7. The van der Waals surface area contributed by atoms with Crippen molar-refractivity contribution in [3.05, 3.63) is 95.6 Å². The number of nitrogens with zero attached hydrogens (tertiary/aromatic N) is 3. The molecule has 4 aromatic rings. The zero-order valence-electron chi connectivity index (χ0n) is 16.2. The molecule has 0 bridgehead atoms. The van der Waals surface area contributed by atoms with Gasteiger partial charge in [-0.2, -0.15) is 5.10 Å². The summed E-state index contributed by atoms with van der Waals surface area (Å²) < 4.78 is 3.86. The molecule has 2 aromatic carbocycles. The molecule has 0 unspecified atom stereocenters. The average Bonchev–Trinajstić information content (AvgIpc) is 3.33. The smallest absolute Gasteiger partial charge is 0.255 e. The highest BCUT2D eigenvalue weighted by Gasteiger charge is 2.17. The van der Waals surface area contributed by atoms with Crippen LogP contribution in [-0.2, 0) is 0 Å². The second-order valence-electron chi connectivity index (χ2n) is 6.84. The van der Waals surface area contributed by atoms with Gasteiger partial charge in [-0.25, -0.2) is 4.68 Å². The molecule has 2 aromatic heterocycles. The van der Waals surface area contributed by atoms with E-state index in [1.165, 1.54) is 0 Å². The second kappa shape index (κ2) is 7.19. The van der Waals surface area contributed by atoms with E-state index in [4.69, 9.17) is 0 Å². The summed E-state index contributed by atoms with van der Waals surface area (Å²) in [7, 11) is 0. The Balaban J connectivity index is 1.65. The predicted octanol–water partition coefficient (Wildman–Crippen LogP) is 4.84. The van der Waals surface area contributed by atoms with Gasteiger partial charge in [-0.1, -0.05) is 24.3 Å². The van der Waals surface area contributed by atoms with Gasteiger partial charge in [0.05, 0.1) is 22.8 Å². The van der Waals surface area contributed by atoms with Crippen LogP contribution in [0.25, 0.3) is 11.4 Å². The Morgan fingerprint density at radius 2 is 1.64 bits per heavy atom. The van der Waals surface area contributed by atoms with Crippen LogP contribution in [0.2, 0.25) is 0 Å². The van der Waals surface area contributed by atoms with E-state index in [1.807, 2.05) is 103 Å². The van der Waals surface area contributed by atoms with Gasteiger partial charge in [0.15, 0.2) is 0 Å². The SMILES string of the molecule is Cc1ccc(C(=O)Nc2c(C)nn(-c3ccccc3)c2C)cc1-n1cccc1. The summed E-state index contributed by atoms with van der Waals surface area (Å²) >= 11 is 0. The summed E-state index contributed by atoms with van der Waals surface area (Å²) in [5.41, 5.74) is 6.11. The number of hydrogen-bond acceptors (Lipinski definition) is 2. The van der Waals surface area contributed by atoms with Gasteiger partial charge >= 0.3 is 0 Å². The van der Waals surface area contributed by atoms with Crippen molar-refractivity contribution in [3.8, 4) is 11.4 Å². The Kier molecular flexibility index (Phi) is 4.57. The third-order valence-corrected chi connectivity index (χ3v) is 4.88. The minimum absolute atomic E-state index is 0.146. The Labute approximate surface area is 164 Å². The van der Waals surface area contributed by atoms with Gasteiger partial charge in [-0.05, 0) is 62.7 Å². The van der Waals surface area contributed by atoms with Crippen LogP contribution < -0.4 is 5.32 Å². The van der Waals surface area contributed by atoms with E-state index in [1.54, 1.807) is 0 Å². The van der Waals surface area contributed by atoms with Crippen LogP contribution in [0, 0.1) is 20.8 Å². The van der Waals surface area contributed by atoms with Crippen LogP contribution in [0.1, 0.15) is 27.3 Å². The Hall–Kier alpha value is -3.60. The zero-order valence-corrected chi connectivity index (χ0v) is 16.2. The molecule has 0 fully saturated rings. The molecular weight excluding hydrogens is 348 g/mol. The molecule has 4 rings (SSSR count). The first-order chi connectivity index (χ1) is 13.5. The maximum atomic E-state index is 12.9. The van der Waals surface area contributed by atoms with E-state index in [2.05, 4.69) is 10.4 Å². The first-order valence-corrected chi connectivity index (χ1v) is 9.21. The average molecular weight is 370 g/mol. The number of aromatic nitrogens is 3. The fourth-order valence-electron chi connectivity index (χ4n) is 3.35. The van der Waals surface area contributed by atoms with Gasteiger partial charge in [-0.3, -0.25) is 4.79 Å². The van der Waals surface area contributed by atoms with Crippen LogP contribution in [0.3, 0.4) is 0 Å². The molecule has 0 radical (unpaired) electrons. The highest BCUT2D eigenvalue weighted by molar-refractivity contribution is 6.05. The predicted molar refractivity (Wildman–Crippen MR) is 111 cm³/mol. The van der Waals surface area contributed by atoms with Crippen molar-refractivity contribution in [2.24, 2.45) is 0 Å². The summed E-state index contributed by atoms with van der Waals surface area (Å²) in [5.74, 6) is -0.146. The molecule has 0 atom stereocenters. The molecule has 0 spiro atoms. The largest absolute Gasteiger partial charge is 0.324 e. The lowest BCUT2D eigenvalue weighted by atomic mass is 10.1. The second-order valence-corrected chi connectivity index (χ2v) is 6.84. The number of nitrogens with one attached hydrogen (secondary N) is 1. The van der Waals surface area contributed by atoms with Crippen LogP contribution in [-0.4, -0.2) is 20.3 Å². The lowest BCUT2D eigenvalue weighted by molar-refractivity contribution is 0.102. The third kappa shape index (κ3) is 3.22. The minimum Gasteiger partial charge on any atom is -0.324 e. The Bertz CT molecular complexity index is 1130. The molecule has 1 N–H and O–H groups in total. The summed E-state index contributed by atoms with van der Waals surface area (Å²) in [5, 5.41) is 7.64. The molecule has 0 aliphatic rings. The van der Waals surface area contributed by atoms with Crippen molar-refractivity contribution >= 4 is 11.6 Å². The summed E-state index contributed by atoms with van der Waals surface area (Å²) in [6.45, 7) is 5.90. The van der Waals surface area contributed by atoms with Gasteiger partial charge in [0.1, 0.15) is 0 Å². The highest BCUT2D eigenvalue weighted by atomic mass is 16.1. The number of carbonyl (C=O) groups is 1. The van der Waals surface area contributed by atoms with E-state index in [9.17, 15) is 4.79 Å².